The van der Waals surface area contributed by atoms with Crippen LogP contribution in [0.3, 0.4) is 0 Å². The summed E-state index contributed by atoms with van der Waals surface area (Å²) in [5, 5.41) is 0.795. The molecule has 4 heteroatoms. The highest BCUT2D eigenvalue weighted by Gasteiger charge is 2.14. The third-order valence-electron chi connectivity index (χ3n) is 3.67. The van der Waals surface area contributed by atoms with Gasteiger partial charge in [0.1, 0.15) is 5.65 Å². The Bertz CT molecular complexity index is 721. The van der Waals surface area contributed by atoms with Crippen LogP contribution in [0.2, 0.25) is 0 Å². The van der Waals surface area contributed by atoms with Gasteiger partial charge in [-0.05, 0) is 24.1 Å². The number of rotatable bonds is 5. The van der Waals surface area contributed by atoms with E-state index in [1.54, 1.807) is 0 Å². The lowest BCUT2D eigenvalue weighted by atomic mass is 10.1. The molecule has 0 spiro atoms. The zero-order valence-corrected chi connectivity index (χ0v) is 13.6. The molecule has 1 aromatic carbocycles. The normalized spacial score (nSPS) is 11.0. The highest BCUT2D eigenvalue weighted by Crippen LogP contribution is 2.23. The van der Waals surface area contributed by atoms with Crippen molar-refractivity contribution in [2.45, 2.75) is 11.8 Å². The van der Waals surface area contributed by atoms with E-state index >= 15 is 0 Å². The molecule has 0 atom stereocenters. The Morgan fingerprint density at radius 1 is 1.10 bits per heavy atom. The maximum absolute atomic E-state index is 4.75. The fourth-order valence-corrected chi connectivity index (χ4v) is 3.03. The summed E-state index contributed by atoms with van der Waals surface area (Å²) in [5.41, 5.74) is 3.54. The molecule has 0 bridgehead atoms. The summed E-state index contributed by atoms with van der Waals surface area (Å²) in [5.74, 6) is 1.05. The summed E-state index contributed by atoms with van der Waals surface area (Å²) in [4.78, 5) is 6.99. The van der Waals surface area contributed by atoms with Crippen LogP contribution in [-0.4, -0.2) is 23.0 Å². The van der Waals surface area contributed by atoms with Crippen molar-refractivity contribution in [3.63, 3.8) is 0 Å². The molecule has 0 unspecified atom stereocenters. The Hall–Kier alpha value is -1.81. The number of imidazole rings is 1. The van der Waals surface area contributed by atoms with E-state index in [1.165, 1.54) is 11.3 Å². The van der Waals surface area contributed by atoms with Crippen LogP contribution in [0.15, 0.2) is 54.7 Å². The van der Waals surface area contributed by atoms with Crippen molar-refractivity contribution in [2.75, 3.05) is 18.5 Å². The number of anilines is 1. The predicted molar refractivity (Wildman–Crippen MR) is 91.2 cm³/mol. The van der Waals surface area contributed by atoms with Crippen LogP contribution in [0.4, 0.5) is 5.82 Å². The number of nitrogens with zero attached hydrogens (tertiary/aromatic N) is 3. The van der Waals surface area contributed by atoms with Crippen LogP contribution in [0, 0.1) is 0 Å². The molecule has 0 N–H and O–H groups in total. The number of likely N-dealkylation sites (N-methyl/N-ethyl adjacent to an activating group) is 1. The lowest BCUT2D eigenvalue weighted by Gasteiger charge is -2.18. The zero-order chi connectivity index (χ0) is 14.7. The second kappa shape index (κ2) is 6.31. The number of alkyl halides is 1. The third kappa shape index (κ3) is 2.95. The van der Waals surface area contributed by atoms with Crippen LogP contribution < -0.4 is 4.90 Å². The number of fused-ring (bicyclic) bond motifs is 1. The van der Waals surface area contributed by atoms with Crippen molar-refractivity contribution in [3.8, 4) is 0 Å². The number of pyridine rings is 1. The summed E-state index contributed by atoms with van der Waals surface area (Å²) in [6.45, 7) is 0.952. The summed E-state index contributed by atoms with van der Waals surface area (Å²) >= 11 is 3.59. The maximum atomic E-state index is 4.75. The van der Waals surface area contributed by atoms with E-state index in [-0.39, 0.29) is 0 Å². The SMILES string of the molecule is CN(CCc1ccccc1)c1nc2ccccn2c1CBr. The van der Waals surface area contributed by atoms with Crippen LogP contribution in [0.25, 0.3) is 5.65 Å². The van der Waals surface area contributed by atoms with Gasteiger partial charge in [0.25, 0.3) is 0 Å². The average Bonchev–Trinajstić information content (AvgIpc) is 2.92. The number of benzene rings is 1. The maximum Gasteiger partial charge on any atom is 0.151 e. The van der Waals surface area contributed by atoms with Crippen molar-refractivity contribution >= 4 is 27.4 Å². The molecular formula is C17H18BrN3. The zero-order valence-electron chi connectivity index (χ0n) is 12.0. The molecule has 3 nitrogen and oxygen atoms in total. The van der Waals surface area contributed by atoms with E-state index in [4.69, 9.17) is 4.98 Å². The number of hydrogen-bond acceptors (Lipinski definition) is 2. The Morgan fingerprint density at radius 2 is 1.86 bits per heavy atom. The fourth-order valence-electron chi connectivity index (χ4n) is 2.51. The standard InChI is InChI=1S/C17H18BrN3/c1-20(12-10-14-7-3-2-4-8-14)17-15(13-18)21-11-6-5-9-16(21)19-17/h2-9,11H,10,12-13H2,1H3. The van der Waals surface area contributed by atoms with Crippen molar-refractivity contribution in [1.29, 1.82) is 0 Å². The molecule has 2 heterocycles. The predicted octanol–water partition coefficient (Wildman–Crippen LogP) is 3.91. The van der Waals surface area contributed by atoms with Gasteiger partial charge in [-0.2, -0.15) is 0 Å². The minimum Gasteiger partial charge on any atom is -0.358 e. The molecule has 3 rings (SSSR count). The molecular weight excluding hydrogens is 326 g/mol. The second-order valence-corrected chi connectivity index (χ2v) is 5.66. The molecule has 108 valence electrons. The van der Waals surface area contributed by atoms with Gasteiger partial charge in [-0.15, -0.1) is 0 Å². The Morgan fingerprint density at radius 3 is 2.62 bits per heavy atom. The van der Waals surface area contributed by atoms with Gasteiger partial charge in [0.15, 0.2) is 5.82 Å². The number of aromatic nitrogens is 2. The lowest BCUT2D eigenvalue weighted by molar-refractivity contribution is 0.858. The van der Waals surface area contributed by atoms with E-state index in [0.29, 0.717) is 0 Å². The van der Waals surface area contributed by atoms with Gasteiger partial charge >= 0.3 is 0 Å². The van der Waals surface area contributed by atoms with E-state index in [0.717, 1.165) is 29.8 Å². The van der Waals surface area contributed by atoms with Gasteiger partial charge in [-0.1, -0.05) is 52.3 Å². The van der Waals surface area contributed by atoms with E-state index in [2.05, 4.69) is 68.8 Å². The van der Waals surface area contributed by atoms with Gasteiger partial charge in [-0.3, -0.25) is 0 Å². The van der Waals surface area contributed by atoms with Gasteiger partial charge in [0, 0.05) is 25.1 Å². The molecule has 0 radical (unpaired) electrons. The second-order valence-electron chi connectivity index (χ2n) is 5.10. The third-order valence-corrected chi connectivity index (χ3v) is 4.21. The topological polar surface area (TPSA) is 20.5 Å². The fraction of sp³-hybridized carbons (Fsp3) is 0.235. The van der Waals surface area contributed by atoms with Crippen molar-refractivity contribution < 1.29 is 0 Å². The summed E-state index contributed by atoms with van der Waals surface area (Å²) < 4.78 is 2.14. The van der Waals surface area contributed by atoms with Crippen LogP contribution in [0.1, 0.15) is 11.3 Å². The van der Waals surface area contributed by atoms with Gasteiger partial charge in [0.05, 0.1) is 5.69 Å². The van der Waals surface area contributed by atoms with E-state index in [1.807, 2.05) is 18.2 Å². The number of hydrogen-bond donors (Lipinski definition) is 0. The first-order chi connectivity index (χ1) is 10.3. The van der Waals surface area contributed by atoms with Gasteiger partial charge in [0.2, 0.25) is 0 Å². The highest BCUT2D eigenvalue weighted by atomic mass is 79.9. The molecule has 0 aliphatic carbocycles. The van der Waals surface area contributed by atoms with Crippen molar-refractivity contribution in [1.82, 2.24) is 9.38 Å². The first-order valence-corrected chi connectivity index (χ1v) is 8.18. The average molecular weight is 344 g/mol. The Balaban J connectivity index is 1.82. The Kier molecular flexibility index (Phi) is 4.25. The minimum atomic E-state index is 0.795. The van der Waals surface area contributed by atoms with E-state index in [9.17, 15) is 0 Å². The molecule has 2 aromatic heterocycles. The van der Waals surface area contributed by atoms with Crippen molar-refractivity contribution in [3.05, 3.63) is 66.0 Å². The van der Waals surface area contributed by atoms with Crippen LogP contribution in [0.5, 0.6) is 0 Å². The lowest BCUT2D eigenvalue weighted by Crippen LogP contribution is -2.21. The summed E-state index contributed by atoms with van der Waals surface area (Å²) in [6, 6.07) is 16.7. The van der Waals surface area contributed by atoms with Crippen LogP contribution in [-0.2, 0) is 11.8 Å². The molecule has 0 aliphatic rings. The number of halogens is 1. The van der Waals surface area contributed by atoms with E-state index < -0.39 is 0 Å². The quantitative estimate of drug-likeness (QED) is 0.654. The first-order valence-electron chi connectivity index (χ1n) is 7.06. The minimum absolute atomic E-state index is 0.795. The van der Waals surface area contributed by atoms with Gasteiger partial charge in [-0.25, -0.2) is 4.98 Å². The van der Waals surface area contributed by atoms with Gasteiger partial charge < -0.3 is 9.30 Å². The summed E-state index contributed by atoms with van der Waals surface area (Å²) in [6.07, 6.45) is 3.08. The first kappa shape index (κ1) is 14.1. The molecule has 21 heavy (non-hydrogen) atoms. The van der Waals surface area contributed by atoms with Crippen molar-refractivity contribution in [2.24, 2.45) is 0 Å². The monoisotopic (exact) mass is 343 g/mol. The molecule has 0 saturated carbocycles. The Labute approximate surface area is 133 Å². The smallest absolute Gasteiger partial charge is 0.151 e. The largest absolute Gasteiger partial charge is 0.358 e. The summed E-state index contributed by atoms with van der Waals surface area (Å²) in [7, 11) is 2.11. The molecule has 0 saturated heterocycles. The molecule has 3 aromatic rings. The highest BCUT2D eigenvalue weighted by molar-refractivity contribution is 9.08. The molecule has 0 amide bonds. The molecule has 0 fully saturated rings. The van der Waals surface area contributed by atoms with Crippen LogP contribution >= 0.6 is 15.9 Å². The molecule has 0 aliphatic heterocycles.